The lowest BCUT2D eigenvalue weighted by atomic mass is 10.1. The van der Waals surface area contributed by atoms with Crippen molar-refractivity contribution >= 4 is 29.0 Å². The van der Waals surface area contributed by atoms with Crippen LogP contribution in [-0.4, -0.2) is 22.6 Å². The van der Waals surface area contributed by atoms with E-state index in [-0.39, 0.29) is 5.97 Å². The number of hydrogen-bond acceptors (Lipinski definition) is 3. The van der Waals surface area contributed by atoms with Gasteiger partial charge in [0, 0.05) is 13.1 Å². The summed E-state index contributed by atoms with van der Waals surface area (Å²) in [5.41, 5.74) is 3.43. The maximum absolute atomic E-state index is 12.3. The summed E-state index contributed by atoms with van der Waals surface area (Å²) in [5, 5.41) is 3.80. The lowest BCUT2D eigenvalue weighted by molar-refractivity contribution is 0.0527. The Kier molecular flexibility index (Phi) is 7.36. The zero-order chi connectivity index (χ0) is 20.5. The Bertz CT molecular complexity index is 904. The van der Waals surface area contributed by atoms with Gasteiger partial charge in [0.2, 0.25) is 0 Å². The van der Waals surface area contributed by atoms with Gasteiger partial charge in [-0.05, 0) is 42.4 Å². The summed E-state index contributed by atoms with van der Waals surface area (Å²) in [6.07, 6.45) is 0. The molecule has 29 heavy (non-hydrogen) atoms. The smallest absolute Gasteiger partial charge is 0.340 e. The van der Waals surface area contributed by atoms with E-state index in [1.165, 1.54) is 0 Å². The Balaban J connectivity index is 1.82. The molecule has 0 aromatic heterocycles. The molecule has 0 saturated carbocycles. The van der Waals surface area contributed by atoms with Crippen LogP contribution in [0.15, 0.2) is 84.9 Å². The molecular formula is C24H24N2O2S. The van der Waals surface area contributed by atoms with E-state index in [2.05, 4.69) is 34.5 Å². The van der Waals surface area contributed by atoms with Crippen LogP contribution in [0.5, 0.6) is 0 Å². The SMILES string of the molecule is CCOC(=O)c1ccccc1NC(=S)N(Cc1ccccc1)Cc1ccccc1. The quantitative estimate of drug-likeness (QED) is 0.430. The molecule has 148 valence electrons. The molecule has 0 aliphatic carbocycles. The average molecular weight is 405 g/mol. The van der Waals surface area contributed by atoms with Crippen molar-refractivity contribution in [1.29, 1.82) is 0 Å². The highest BCUT2D eigenvalue weighted by Gasteiger charge is 2.16. The number of hydrogen-bond donors (Lipinski definition) is 1. The molecule has 0 bridgehead atoms. The number of carbonyl (C=O) groups excluding carboxylic acids is 1. The van der Waals surface area contributed by atoms with E-state index in [1.54, 1.807) is 13.0 Å². The third kappa shape index (κ3) is 5.90. The molecule has 3 aromatic carbocycles. The Labute approximate surface area is 177 Å². The van der Waals surface area contributed by atoms with Gasteiger partial charge in [0.1, 0.15) is 0 Å². The number of nitrogens with zero attached hydrogens (tertiary/aromatic N) is 1. The van der Waals surface area contributed by atoms with Crippen LogP contribution in [0, 0.1) is 0 Å². The van der Waals surface area contributed by atoms with Crippen LogP contribution >= 0.6 is 12.2 Å². The van der Waals surface area contributed by atoms with Gasteiger partial charge >= 0.3 is 5.97 Å². The van der Waals surface area contributed by atoms with E-state index in [0.29, 0.717) is 36.1 Å². The third-order valence-electron chi connectivity index (χ3n) is 4.38. The van der Waals surface area contributed by atoms with Crippen molar-refractivity contribution in [3.8, 4) is 0 Å². The molecule has 3 aromatic rings. The topological polar surface area (TPSA) is 41.6 Å². The van der Waals surface area contributed by atoms with E-state index in [1.807, 2.05) is 54.6 Å². The summed E-state index contributed by atoms with van der Waals surface area (Å²) < 4.78 is 5.17. The van der Waals surface area contributed by atoms with Crippen LogP contribution in [0.25, 0.3) is 0 Å². The summed E-state index contributed by atoms with van der Waals surface area (Å²) in [4.78, 5) is 14.4. The number of thiocarbonyl (C=S) groups is 1. The molecule has 0 aliphatic rings. The molecule has 0 heterocycles. The predicted molar refractivity (Wildman–Crippen MR) is 121 cm³/mol. The number of para-hydroxylation sites is 1. The normalized spacial score (nSPS) is 10.2. The Morgan fingerprint density at radius 3 is 1.93 bits per heavy atom. The average Bonchev–Trinajstić information content (AvgIpc) is 2.75. The predicted octanol–water partition coefficient (Wildman–Crippen LogP) is 5.26. The largest absolute Gasteiger partial charge is 0.462 e. The number of ether oxygens (including phenoxy) is 1. The highest BCUT2D eigenvalue weighted by molar-refractivity contribution is 7.80. The molecule has 1 N–H and O–H groups in total. The van der Waals surface area contributed by atoms with Gasteiger partial charge in [0.25, 0.3) is 0 Å². The standard InChI is InChI=1S/C24H24N2O2S/c1-2-28-23(27)21-15-9-10-16-22(21)25-24(29)26(17-19-11-5-3-6-12-19)18-20-13-7-4-8-14-20/h3-16H,2,17-18H2,1H3,(H,25,29). The van der Waals surface area contributed by atoms with E-state index in [0.717, 1.165) is 11.1 Å². The first-order valence-electron chi connectivity index (χ1n) is 9.57. The highest BCUT2D eigenvalue weighted by Crippen LogP contribution is 2.19. The first-order chi connectivity index (χ1) is 14.2. The van der Waals surface area contributed by atoms with Crippen LogP contribution in [-0.2, 0) is 17.8 Å². The van der Waals surface area contributed by atoms with E-state index >= 15 is 0 Å². The second-order valence-electron chi connectivity index (χ2n) is 6.52. The van der Waals surface area contributed by atoms with Gasteiger partial charge in [-0.3, -0.25) is 0 Å². The molecular weight excluding hydrogens is 380 g/mol. The number of carbonyl (C=O) groups is 1. The van der Waals surface area contributed by atoms with Gasteiger partial charge in [-0.2, -0.15) is 0 Å². The molecule has 5 heteroatoms. The van der Waals surface area contributed by atoms with Crippen LogP contribution in [0.3, 0.4) is 0 Å². The molecule has 3 rings (SSSR count). The monoisotopic (exact) mass is 404 g/mol. The number of benzene rings is 3. The summed E-state index contributed by atoms with van der Waals surface area (Å²) >= 11 is 5.73. The molecule has 0 aliphatic heterocycles. The number of esters is 1. The minimum atomic E-state index is -0.365. The molecule has 0 unspecified atom stereocenters. The second-order valence-corrected chi connectivity index (χ2v) is 6.91. The molecule has 0 radical (unpaired) electrons. The van der Waals surface area contributed by atoms with Crippen molar-refractivity contribution in [3.05, 3.63) is 102 Å². The molecule has 0 spiro atoms. The fraction of sp³-hybridized carbons (Fsp3) is 0.167. The lowest BCUT2D eigenvalue weighted by Gasteiger charge is -2.27. The van der Waals surface area contributed by atoms with Gasteiger partial charge in [-0.25, -0.2) is 4.79 Å². The van der Waals surface area contributed by atoms with Crippen molar-refractivity contribution in [3.63, 3.8) is 0 Å². The number of anilines is 1. The summed E-state index contributed by atoms with van der Waals surface area (Å²) in [7, 11) is 0. The molecule has 0 atom stereocenters. The Morgan fingerprint density at radius 1 is 0.862 bits per heavy atom. The third-order valence-corrected chi connectivity index (χ3v) is 4.74. The van der Waals surface area contributed by atoms with E-state index in [9.17, 15) is 4.79 Å². The van der Waals surface area contributed by atoms with Crippen molar-refractivity contribution < 1.29 is 9.53 Å². The van der Waals surface area contributed by atoms with Crippen molar-refractivity contribution in [2.75, 3.05) is 11.9 Å². The van der Waals surface area contributed by atoms with Gasteiger partial charge in [-0.15, -0.1) is 0 Å². The first-order valence-corrected chi connectivity index (χ1v) is 9.98. The van der Waals surface area contributed by atoms with Gasteiger partial charge < -0.3 is 15.0 Å². The van der Waals surface area contributed by atoms with Crippen LogP contribution in [0.4, 0.5) is 5.69 Å². The van der Waals surface area contributed by atoms with Crippen molar-refractivity contribution in [2.24, 2.45) is 0 Å². The maximum Gasteiger partial charge on any atom is 0.340 e. The molecule has 0 fully saturated rings. The molecule has 0 amide bonds. The molecule has 4 nitrogen and oxygen atoms in total. The van der Waals surface area contributed by atoms with Gasteiger partial charge in [-0.1, -0.05) is 72.8 Å². The minimum absolute atomic E-state index is 0.325. The van der Waals surface area contributed by atoms with E-state index < -0.39 is 0 Å². The summed E-state index contributed by atoms with van der Waals surface area (Å²) in [6, 6.07) is 27.6. The van der Waals surface area contributed by atoms with Crippen molar-refractivity contribution in [2.45, 2.75) is 20.0 Å². The molecule has 0 saturated heterocycles. The number of rotatable bonds is 7. The van der Waals surface area contributed by atoms with E-state index in [4.69, 9.17) is 17.0 Å². The summed E-state index contributed by atoms with van der Waals surface area (Å²) in [6.45, 7) is 3.43. The fourth-order valence-corrected chi connectivity index (χ4v) is 3.22. The maximum atomic E-state index is 12.3. The van der Waals surface area contributed by atoms with Crippen LogP contribution in [0.2, 0.25) is 0 Å². The van der Waals surface area contributed by atoms with Crippen LogP contribution < -0.4 is 5.32 Å². The van der Waals surface area contributed by atoms with Gasteiger partial charge in [0.05, 0.1) is 17.9 Å². The second kappa shape index (κ2) is 10.4. The van der Waals surface area contributed by atoms with Gasteiger partial charge in [0.15, 0.2) is 5.11 Å². The lowest BCUT2D eigenvalue weighted by Crippen LogP contribution is -2.34. The Morgan fingerprint density at radius 2 is 1.38 bits per heavy atom. The zero-order valence-electron chi connectivity index (χ0n) is 16.4. The highest BCUT2D eigenvalue weighted by atomic mass is 32.1. The fourth-order valence-electron chi connectivity index (χ4n) is 2.98. The minimum Gasteiger partial charge on any atom is -0.462 e. The first kappa shape index (κ1) is 20.6. The summed E-state index contributed by atoms with van der Waals surface area (Å²) in [5.74, 6) is -0.365. The zero-order valence-corrected chi connectivity index (χ0v) is 17.2. The number of nitrogens with one attached hydrogen (secondary N) is 1. The van der Waals surface area contributed by atoms with Crippen LogP contribution in [0.1, 0.15) is 28.4 Å². The Hall–Kier alpha value is -3.18. The van der Waals surface area contributed by atoms with Crippen molar-refractivity contribution in [1.82, 2.24) is 4.90 Å².